The van der Waals surface area contributed by atoms with Crippen molar-refractivity contribution in [1.82, 2.24) is 4.90 Å². The minimum atomic E-state index is -1.13. The molecule has 7 heteroatoms. The summed E-state index contributed by atoms with van der Waals surface area (Å²) in [5.41, 5.74) is 1.14. The molecule has 1 atom stereocenters. The number of piperidine rings is 1. The van der Waals surface area contributed by atoms with Crippen molar-refractivity contribution in [3.63, 3.8) is 0 Å². The third kappa shape index (κ3) is 5.43. The lowest BCUT2D eigenvalue weighted by Crippen LogP contribution is -2.38. The van der Waals surface area contributed by atoms with Crippen molar-refractivity contribution in [2.75, 3.05) is 19.6 Å². The normalized spacial score (nSPS) is 16.9. The largest absolute Gasteiger partial charge is 0.303 e. The van der Waals surface area contributed by atoms with Gasteiger partial charge in [0.1, 0.15) is 5.82 Å². The molecular weight excluding hydrogens is 416 g/mol. The molecule has 142 valence electrons. The van der Waals surface area contributed by atoms with Crippen LogP contribution in [0.2, 0.25) is 10.0 Å². The topological polar surface area (TPSA) is 20.3 Å². The molecule has 3 rings (SSSR count). The lowest BCUT2D eigenvalue weighted by atomic mass is 10.1. The zero-order chi connectivity index (χ0) is 17.8. The Balaban J connectivity index is 0.00000243. The number of hydrogen-bond donors (Lipinski definition) is 0. The maximum atomic E-state index is 12.9. The lowest BCUT2D eigenvalue weighted by Gasteiger charge is -2.31. The van der Waals surface area contributed by atoms with Gasteiger partial charge in [0.05, 0.1) is 25.7 Å². The second kappa shape index (κ2) is 10.0. The number of benzene rings is 2. The van der Waals surface area contributed by atoms with Crippen molar-refractivity contribution in [1.29, 1.82) is 0 Å². The van der Waals surface area contributed by atoms with Gasteiger partial charge >= 0.3 is 0 Å². The van der Waals surface area contributed by atoms with E-state index >= 15 is 0 Å². The Morgan fingerprint density at radius 2 is 1.73 bits per heavy atom. The Kier molecular flexibility index (Phi) is 8.37. The fourth-order valence-corrected chi connectivity index (χ4v) is 5.19. The van der Waals surface area contributed by atoms with Crippen LogP contribution in [0.1, 0.15) is 18.4 Å². The highest BCUT2D eigenvalue weighted by Gasteiger charge is 2.26. The molecule has 0 aliphatic carbocycles. The molecule has 1 heterocycles. The van der Waals surface area contributed by atoms with Gasteiger partial charge in [-0.05, 0) is 62.2 Å². The first kappa shape index (κ1) is 21.6. The first-order valence-corrected chi connectivity index (χ1v) is 10.3. The van der Waals surface area contributed by atoms with Crippen LogP contribution in [0.25, 0.3) is 0 Å². The van der Waals surface area contributed by atoms with Gasteiger partial charge in [0.25, 0.3) is 0 Å². The van der Waals surface area contributed by atoms with Gasteiger partial charge in [-0.2, -0.15) is 0 Å². The Morgan fingerprint density at radius 3 is 2.38 bits per heavy atom. The van der Waals surface area contributed by atoms with Crippen molar-refractivity contribution in [2.45, 2.75) is 29.4 Å². The second-order valence-corrected chi connectivity index (χ2v) is 8.75. The molecule has 1 fully saturated rings. The minimum absolute atomic E-state index is 0. The van der Waals surface area contributed by atoms with Crippen molar-refractivity contribution >= 4 is 46.4 Å². The molecule has 2 aromatic carbocycles. The van der Waals surface area contributed by atoms with Crippen molar-refractivity contribution in [2.24, 2.45) is 0 Å². The second-order valence-electron chi connectivity index (χ2n) is 6.27. The molecule has 1 saturated heterocycles. The Bertz CT molecular complexity index is 749. The maximum Gasteiger partial charge on any atom is 0.123 e. The smallest absolute Gasteiger partial charge is 0.123 e. The van der Waals surface area contributed by atoms with E-state index in [1.165, 1.54) is 12.1 Å². The summed E-state index contributed by atoms with van der Waals surface area (Å²) in [6, 6.07) is 12.0. The first-order chi connectivity index (χ1) is 12.0. The highest BCUT2D eigenvalue weighted by atomic mass is 35.5. The number of rotatable bonds is 5. The molecular formula is C19H21Cl3FNOS. The van der Waals surface area contributed by atoms with Gasteiger partial charge < -0.3 is 4.90 Å². The molecule has 0 N–H and O–H groups in total. The summed E-state index contributed by atoms with van der Waals surface area (Å²) in [5, 5.41) is 0.962. The quantitative estimate of drug-likeness (QED) is 0.628. The van der Waals surface area contributed by atoms with E-state index in [1.807, 2.05) is 12.1 Å². The van der Waals surface area contributed by atoms with E-state index in [-0.39, 0.29) is 23.5 Å². The van der Waals surface area contributed by atoms with Crippen LogP contribution < -0.4 is 0 Å². The van der Waals surface area contributed by atoms with Crippen LogP contribution in [0.3, 0.4) is 0 Å². The third-order valence-corrected chi connectivity index (χ3v) is 7.38. The predicted molar refractivity (Wildman–Crippen MR) is 110 cm³/mol. The fourth-order valence-electron chi connectivity index (χ4n) is 3.10. The highest BCUT2D eigenvalue weighted by molar-refractivity contribution is 7.85. The predicted octanol–water partition coefficient (Wildman–Crippen LogP) is 5.37. The van der Waals surface area contributed by atoms with Crippen molar-refractivity contribution < 1.29 is 8.60 Å². The molecule has 2 nitrogen and oxygen atoms in total. The van der Waals surface area contributed by atoms with Crippen LogP contribution in [-0.2, 0) is 17.2 Å². The lowest BCUT2D eigenvalue weighted by molar-refractivity contribution is 0.234. The number of nitrogens with zero attached hydrogens (tertiary/aromatic N) is 1. The first-order valence-electron chi connectivity index (χ1n) is 8.36. The molecule has 0 saturated carbocycles. The summed E-state index contributed by atoms with van der Waals surface area (Å²) >= 11 is 12.2. The van der Waals surface area contributed by atoms with Crippen LogP contribution in [0.15, 0.2) is 47.4 Å². The molecule has 0 bridgehead atoms. The van der Waals surface area contributed by atoms with Gasteiger partial charge in [-0.15, -0.1) is 12.4 Å². The SMILES string of the molecule is Cl.O=S(c1cccc(Cl)c1Cl)C1CCN(CCc2ccc(F)cc2)CC1. The van der Waals surface area contributed by atoms with E-state index in [1.54, 1.807) is 18.2 Å². The zero-order valence-electron chi connectivity index (χ0n) is 14.2. The van der Waals surface area contributed by atoms with Crippen LogP contribution in [0.4, 0.5) is 4.39 Å². The van der Waals surface area contributed by atoms with Gasteiger partial charge in [-0.3, -0.25) is 4.21 Å². The Labute approximate surface area is 172 Å². The van der Waals surface area contributed by atoms with Gasteiger partial charge in [0.15, 0.2) is 0 Å². The van der Waals surface area contributed by atoms with Crippen LogP contribution in [-0.4, -0.2) is 34.0 Å². The van der Waals surface area contributed by atoms with Gasteiger partial charge in [-0.25, -0.2) is 4.39 Å². The summed E-state index contributed by atoms with van der Waals surface area (Å²) in [4.78, 5) is 3.01. The Morgan fingerprint density at radius 1 is 1.08 bits per heavy atom. The molecule has 0 radical (unpaired) electrons. The maximum absolute atomic E-state index is 12.9. The summed E-state index contributed by atoms with van der Waals surface area (Å²) in [6.45, 7) is 2.76. The summed E-state index contributed by atoms with van der Waals surface area (Å²) in [5.74, 6) is -0.202. The van der Waals surface area contributed by atoms with Crippen LogP contribution >= 0.6 is 35.6 Å². The van der Waals surface area contributed by atoms with E-state index in [2.05, 4.69) is 4.90 Å². The average Bonchev–Trinajstić information content (AvgIpc) is 2.63. The monoisotopic (exact) mass is 435 g/mol. The summed E-state index contributed by atoms with van der Waals surface area (Å²) in [6.07, 6.45) is 2.64. The van der Waals surface area contributed by atoms with E-state index in [9.17, 15) is 8.60 Å². The molecule has 2 aromatic rings. The number of likely N-dealkylation sites (tertiary alicyclic amines) is 1. The average molecular weight is 437 g/mol. The Hall–Kier alpha value is -0.650. The fraction of sp³-hybridized carbons (Fsp3) is 0.368. The molecule has 0 spiro atoms. The molecule has 0 aromatic heterocycles. The highest BCUT2D eigenvalue weighted by Crippen LogP contribution is 2.31. The van der Waals surface area contributed by atoms with E-state index < -0.39 is 10.8 Å². The van der Waals surface area contributed by atoms with E-state index in [0.29, 0.717) is 14.9 Å². The van der Waals surface area contributed by atoms with Gasteiger partial charge in [-0.1, -0.05) is 41.4 Å². The van der Waals surface area contributed by atoms with Gasteiger partial charge in [0.2, 0.25) is 0 Å². The standard InChI is InChI=1S/C19H20Cl2FNOS.ClH/c20-17-2-1-3-18(19(17)21)25(24)16-9-12-23(13-10-16)11-8-14-4-6-15(22)7-5-14;/h1-7,16H,8-13H2;1H. The number of halogens is 4. The van der Waals surface area contributed by atoms with Crippen LogP contribution in [0, 0.1) is 5.82 Å². The minimum Gasteiger partial charge on any atom is -0.303 e. The molecule has 1 unspecified atom stereocenters. The third-order valence-electron chi connectivity index (χ3n) is 4.60. The van der Waals surface area contributed by atoms with Crippen LogP contribution in [0.5, 0.6) is 0 Å². The number of hydrogen-bond acceptors (Lipinski definition) is 2. The van der Waals surface area contributed by atoms with Crippen molar-refractivity contribution in [3.8, 4) is 0 Å². The summed E-state index contributed by atoms with van der Waals surface area (Å²) in [7, 11) is -1.13. The summed E-state index contributed by atoms with van der Waals surface area (Å²) < 4.78 is 25.7. The van der Waals surface area contributed by atoms with Gasteiger partial charge in [0, 0.05) is 11.8 Å². The molecule has 1 aliphatic heterocycles. The molecule has 26 heavy (non-hydrogen) atoms. The molecule has 0 amide bonds. The van der Waals surface area contributed by atoms with Crippen molar-refractivity contribution in [3.05, 3.63) is 63.9 Å². The van der Waals surface area contributed by atoms with E-state index in [4.69, 9.17) is 23.2 Å². The molecule has 1 aliphatic rings. The zero-order valence-corrected chi connectivity index (χ0v) is 17.3. The van der Waals surface area contributed by atoms with E-state index in [0.717, 1.165) is 44.5 Å².